The lowest BCUT2D eigenvalue weighted by atomic mass is 10.0. The van der Waals surface area contributed by atoms with Crippen LogP contribution in [0.1, 0.15) is 374 Å². The number of hydrogen-bond acceptors (Lipinski definition) is 6. The molecule has 0 amide bonds. The first kappa shape index (κ1) is 70.1. The first-order valence-corrected chi connectivity index (χ1v) is 32.7. The van der Waals surface area contributed by atoms with Crippen LogP contribution in [0.3, 0.4) is 0 Å². The van der Waals surface area contributed by atoms with Crippen LogP contribution >= 0.6 is 0 Å². The molecule has 0 rings (SSSR count). The molecule has 0 spiro atoms. The summed E-state index contributed by atoms with van der Waals surface area (Å²) in [5, 5.41) is 0. The molecule has 0 aromatic heterocycles. The highest BCUT2D eigenvalue weighted by Gasteiger charge is 2.19. The van der Waals surface area contributed by atoms with E-state index in [0.29, 0.717) is 13.2 Å². The zero-order valence-corrected chi connectivity index (χ0v) is 49.0. The Labute approximate surface area is 450 Å². The molecule has 0 aliphatic rings. The van der Waals surface area contributed by atoms with Crippen LogP contribution in [0.5, 0.6) is 0 Å². The van der Waals surface area contributed by atoms with Gasteiger partial charge in [0.1, 0.15) is 0 Å². The van der Waals surface area contributed by atoms with Crippen molar-refractivity contribution < 1.29 is 28.6 Å². The molecule has 0 saturated carbocycles. The average molecular weight is 1020 g/mol. The zero-order valence-electron chi connectivity index (χ0n) is 49.0. The third-order valence-electron chi connectivity index (χ3n) is 15.1. The summed E-state index contributed by atoms with van der Waals surface area (Å²) in [6.45, 7) is 7.80. The first-order chi connectivity index (χ1) is 35.5. The first-order valence-electron chi connectivity index (χ1n) is 32.7. The molecule has 426 valence electrons. The summed E-state index contributed by atoms with van der Waals surface area (Å²) in [5.41, 5.74) is 0.0306. The smallest absolute Gasteiger partial charge is 0.334 e. The van der Waals surface area contributed by atoms with E-state index in [2.05, 4.69) is 20.8 Å². The molecule has 0 N–H and O–H groups in total. The van der Waals surface area contributed by atoms with Crippen LogP contribution in [-0.4, -0.2) is 37.7 Å². The summed E-state index contributed by atoms with van der Waals surface area (Å²) >= 11 is 0. The molecule has 0 aliphatic heterocycles. The maximum atomic E-state index is 13.2. The molecule has 0 radical (unpaired) electrons. The van der Waals surface area contributed by atoms with Crippen LogP contribution in [0.25, 0.3) is 0 Å². The molecular formula is C66H126O6. The fourth-order valence-electron chi connectivity index (χ4n) is 10.2. The Morgan fingerprint density at radius 3 is 0.681 bits per heavy atom. The Kier molecular flexibility index (Phi) is 60.1. The second kappa shape index (κ2) is 61.7. The minimum atomic E-state index is -0.614. The molecule has 0 bridgehead atoms. The molecule has 0 atom stereocenters. The van der Waals surface area contributed by atoms with Crippen LogP contribution in [-0.2, 0) is 28.6 Å². The van der Waals surface area contributed by atoms with Crippen molar-refractivity contribution in [2.24, 2.45) is 0 Å². The van der Waals surface area contributed by atoms with Gasteiger partial charge in [0.2, 0.25) is 0 Å². The van der Waals surface area contributed by atoms with Crippen molar-refractivity contribution >= 4 is 17.9 Å². The number of rotatable bonds is 61. The van der Waals surface area contributed by atoms with Gasteiger partial charge in [-0.3, -0.25) is 4.79 Å². The maximum absolute atomic E-state index is 13.2. The number of unbranched alkanes of at least 4 members (excludes halogenated alkanes) is 51. The van der Waals surface area contributed by atoms with E-state index in [9.17, 15) is 14.4 Å². The predicted octanol–water partition coefficient (Wildman–Crippen LogP) is 22.1. The largest absolute Gasteiger partial charge is 0.465 e. The fourth-order valence-corrected chi connectivity index (χ4v) is 10.2. The lowest BCUT2D eigenvalue weighted by Gasteiger charge is -2.10. The lowest BCUT2D eigenvalue weighted by molar-refractivity contribution is -0.146. The number of hydrogen-bond donors (Lipinski definition) is 0. The summed E-state index contributed by atoms with van der Waals surface area (Å²) in [5.74, 6) is -1.69. The van der Waals surface area contributed by atoms with Crippen LogP contribution < -0.4 is 0 Å². The lowest BCUT2D eigenvalue weighted by Crippen LogP contribution is -2.17. The molecule has 0 fully saturated rings. The van der Waals surface area contributed by atoms with Gasteiger partial charge in [0.15, 0.2) is 0 Å². The van der Waals surface area contributed by atoms with Gasteiger partial charge in [-0.15, -0.1) is 0 Å². The summed E-state index contributed by atoms with van der Waals surface area (Å²) in [4.78, 5) is 38.9. The zero-order chi connectivity index (χ0) is 52.2. The molecule has 0 heterocycles. The monoisotopic (exact) mass is 1010 g/mol. The van der Waals surface area contributed by atoms with Crippen molar-refractivity contribution in [1.82, 2.24) is 0 Å². The normalized spacial score (nSPS) is 11.7. The van der Waals surface area contributed by atoms with Gasteiger partial charge in [0, 0.05) is 6.08 Å². The molecule has 0 unspecified atom stereocenters. The third-order valence-corrected chi connectivity index (χ3v) is 15.1. The third kappa shape index (κ3) is 57.4. The van der Waals surface area contributed by atoms with E-state index in [4.69, 9.17) is 14.2 Å². The van der Waals surface area contributed by atoms with Gasteiger partial charge in [0.05, 0.1) is 31.8 Å². The average Bonchev–Trinajstić information content (AvgIpc) is 3.38. The van der Waals surface area contributed by atoms with E-state index in [1.54, 1.807) is 0 Å². The van der Waals surface area contributed by atoms with E-state index in [-0.39, 0.29) is 18.6 Å². The van der Waals surface area contributed by atoms with Crippen molar-refractivity contribution in [2.75, 3.05) is 19.8 Å². The van der Waals surface area contributed by atoms with E-state index in [1.807, 2.05) is 0 Å². The molecule has 0 saturated heterocycles. The van der Waals surface area contributed by atoms with Gasteiger partial charge in [-0.2, -0.15) is 0 Å². The van der Waals surface area contributed by atoms with Gasteiger partial charge >= 0.3 is 17.9 Å². The highest BCUT2D eigenvalue weighted by Crippen LogP contribution is 2.19. The van der Waals surface area contributed by atoms with Crippen LogP contribution in [0, 0.1) is 0 Å². The van der Waals surface area contributed by atoms with Crippen LogP contribution in [0.2, 0.25) is 0 Å². The fraction of sp³-hybridized carbons (Fsp3) is 0.924. The molecule has 72 heavy (non-hydrogen) atoms. The van der Waals surface area contributed by atoms with Crippen molar-refractivity contribution in [2.45, 2.75) is 374 Å². The van der Waals surface area contributed by atoms with Crippen molar-refractivity contribution in [3.63, 3.8) is 0 Å². The van der Waals surface area contributed by atoms with E-state index in [1.165, 1.54) is 295 Å². The Morgan fingerprint density at radius 1 is 0.250 bits per heavy atom. The van der Waals surface area contributed by atoms with Gasteiger partial charge in [-0.25, -0.2) is 9.59 Å². The molecular weight excluding hydrogens is 889 g/mol. The van der Waals surface area contributed by atoms with Crippen molar-refractivity contribution in [1.29, 1.82) is 0 Å². The van der Waals surface area contributed by atoms with E-state index in [0.717, 1.165) is 57.8 Å². The van der Waals surface area contributed by atoms with Gasteiger partial charge < -0.3 is 14.2 Å². The minimum Gasteiger partial charge on any atom is -0.465 e. The van der Waals surface area contributed by atoms with Crippen molar-refractivity contribution in [3.8, 4) is 0 Å². The highest BCUT2D eigenvalue weighted by molar-refractivity contribution is 5.99. The molecule has 0 aromatic carbocycles. The minimum absolute atomic E-state index is 0.0306. The van der Waals surface area contributed by atoms with Crippen LogP contribution in [0.4, 0.5) is 0 Å². The Hall–Kier alpha value is -1.85. The van der Waals surface area contributed by atoms with E-state index >= 15 is 0 Å². The Morgan fingerprint density at radius 2 is 0.444 bits per heavy atom. The number of esters is 3. The topological polar surface area (TPSA) is 78.9 Å². The number of ether oxygens (including phenoxy) is 3. The SMILES string of the molecule is CCCCCCCCCCCCCCCCCCCCOC(=O)C=C(CC(=O)OCCCCCCCCCCCCCCCCCCCC)C(=O)OCCCCCCCCCCCCCCCCCCCC. The predicted molar refractivity (Wildman–Crippen MR) is 312 cm³/mol. The summed E-state index contributed by atoms with van der Waals surface area (Å²) in [6, 6.07) is 0. The Balaban J connectivity index is 4.35. The van der Waals surface area contributed by atoms with Gasteiger partial charge in [-0.1, -0.05) is 348 Å². The standard InChI is InChI=1S/C66H126O6/c1-4-7-10-13-16-19-22-25-28-31-34-37-40-43-46-49-52-55-58-70-64(67)61-63(66(69)72-60-57-54-51-48-45-42-39-36-33-30-27-24-21-18-15-12-9-6-3)62-65(68)71-59-56-53-50-47-44-41-38-35-32-29-26-23-20-17-14-11-8-5-2/h61H,4-60,62H2,1-3H3. The van der Waals surface area contributed by atoms with Gasteiger partial charge in [0.25, 0.3) is 0 Å². The van der Waals surface area contributed by atoms with Gasteiger partial charge in [-0.05, 0) is 19.3 Å². The number of carbonyl (C=O) groups is 3. The second-order valence-electron chi connectivity index (χ2n) is 22.4. The molecule has 6 heteroatoms. The van der Waals surface area contributed by atoms with Crippen LogP contribution in [0.15, 0.2) is 11.6 Å². The highest BCUT2D eigenvalue weighted by atomic mass is 16.5. The number of carbonyl (C=O) groups excluding carboxylic acids is 3. The summed E-state index contributed by atoms with van der Waals surface area (Å²) in [7, 11) is 0. The second-order valence-corrected chi connectivity index (χ2v) is 22.4. The molecule has 0 aliphatic carbocycles. The summed E-state index contributed by atoms with van der Waals surface area (Å²) in [6.07, 6.45) is 71.4. The molecule has 0 aromatic rings. The van der Waals surface area contributed by atoms with Crippen molar-refractivity contribution in [3.05, 3.63) is 11.6 Å². The Bertz CT molecular complexity index is 1130. The quantitative estimate of drug-likeness (QED) is 0.0261. The molecule has 6 nitrogen and oxygen atoms in total. The maximum Gasteiger partial charge on any atom is 0.334 e. The van der Waals surface area contributed by atoms with E-state index < -0.39 is 17.9 Å². The summed E-state index contributed by atoms with van der Waals surface area (Å²) < 4.78 is 16.6.